The van der Waals surface area contributed by atoms with E-state index in [4.69, 9.17) is 10.00 Å². The second-order valence-corrected chi connectivity index (χ2v) is 4.64. The van der Waals surface area contributed by atoms with Gasteiger partial charge in [0.05, 0.1) is 0 Å². The standard InChI is InChI=1S/C17H17FN2O/c18-16-5-1-14(2-6-16)9-11-20-13-15-3-7-17(8-4-15)21-12-10-19/h1-8,20H,9,11-13H2. The number of hydrogen-bond acceptors (Lipinski definition) is 3. The molecule has 0 heterocycles. The van der Waals surface area contributed by atoms with Gasteiger partial charge >= 0.3 is 0 Å². The highest BCUT2D eigenvalue weighted by molar-refractivity contribution is 5.27. The summed E-state index contributed by atoms with van der Waals surface area (Å²) in [6, 6.07) is 16.2. The number of nitrogens with zero attached hydrogens (tertiary/aromatic N) is 1. The van der Waals surface area contributed by atoms with Gasteiger partial charge in [0.1, 0.15) is 17.6 Å². The maximum atomic E-state index is 12.8. The molecule has 108 valence electrons. The van der Waals surface area contributed by atoms with Crippen LogP contribution in [0.3, 0.4) is 0 Å². The van der Waals surface area contributed by atoms with Gasteiger partial charge in [0.2, 0.25) is 0 Å². The number of hydrogen-bond donors (Lipinski definition) is 1. The first-order valence-electron chi connectivity index (χ1n) is 6.82. The zero-order chi connectivity index (χ0) is 14.9. The molecule has 0 spiro atoms. The molecule has 0 aromatic heterocycles. The highest BCUT2D eigenvalue weighted by atomic mass is 19.1. The summed E-state index contributed by atoms with van der Waals surface area (Å²) in [5.74, 6) is 0.497. The van der Waals surface area contributed by atoms with Crippen LogP contribution in [-0.4, -0.2) is 13.2 Å². The molecule has 0 unspecified atom stereocenters. The van der Waals surface area contributed by atoms with Gasteiger partial charge in [-0.05, 0) is 48.4 Å². The van der Waals surface area contributed by atoms with Gasteiger partial charge in [-0.2, -0.15) is 5.26 Å². The predicted octanol–water partition coefficient (Wildman–Crippen LogP) is 3.06. The van der Waals surface area contributed by atoms with E-state index >= 15 is 0 Å². The first-order chi connectivity index (χ1) is 10.3. The fourth-order valence-corrected chi connectivity index (χ4v) is 1.94. The SMILES string of the molecule is N#CCOc1ccc(CNCCc2ccc(F)cc2)cc1. The van der Waals surface area contributed by atoms with E-state index in [1.54, 1.807) is 12.1 Å². The van der Waals surface area contributed by atoms with Crippen molar-refractivity contribution in [3.8, 4) is 11.8 Å². The molecule has 21 heavy (non-hydrogen) atoms. The van der Waals surface area contributed by atoms with Gasteiger partial charge in [0, 0.05) is 6.54 Å². The van der Waals surface area contributed by atoms with Crippen LogP contribution >= 0.6 is 0 Å². The molecule has 1 N–H and O–H groups in total. The summed E-state index contributed by atoms with van der Waals surface area (Å²) in [7, 11) is 0. The molecule has 0 fully saturated rings. The third kappa shape index (κ3) is 5.25. The van der Waals surface area contributed by atoms with Crippen molar-refractivity contribution >= 4 is 0 Å². The smallest absolute Gasteiger partial charge is 0.174 e. The summed E-state index contributed by atoms with van der Waals surface area (Å²) in [6.45, 7) is 1.66. The molecule has 0 atom stereocenters. The van der Waals surface area contributed by atoms with Gasteiger partial charge in [-0.1, -0.05) is 24.3 Å². The minimum atomic E-state index is -0.203. The van der Waals surface area contributed by atoms with E-state index in [9.17, 15) is 4.39 Å². The third-order valence-electron chi connectivity index (χ3n) is 3.06. The maximum absolute atomic E-state index is 12.8. The number of ether oxygens (including phenoxy) is 1. The van der Waals surface area contributed by atoms with Gasteiger partial charge in [-0.25, -0.2) is 4.39 Å². The highest BCUT2D eigenvalue weighted by Crippen LogP contribution is 2.11. The number of halogens is 1. The van der Waals surface area contributed by atoms with Gasteiger partial charge in [-0.3, -0.25) is 0 Å². The van der Waals surface area contributed by atoms with E-state index in [0.29, 0.717) is 5.75 Å². The number of rotatable bonds is 7. The first kappa shape index (κ1) is 15.0. The van der Waals surface area contributed by atoms with Crippen molar-refractivity contribution in [1.82, 2.24) is 5.32 Å². The molecule has 0 bridgehead atoms. The molecule has 2 aromatic carbocycles. The minimum absolute atomic E-state index is 0.0647. The Bertz CT molecular complexity index is 588. The normalized spacial score (nSPS) is 10.1. The summed E-state index contributed by atoms with van der Waals surface area (Å²) in [5, 5.41) is 11.8. The monoisotopic (exact) mass is 284 g/mol. The van der Waals surface area contributed by atoms with Crippen molar-refractivity contribution in [2.24, 2.45) is 0 Å². The summed E-state index contributed by atoms with van der Waals surface area (Å²) >= 11 is 0. The molecule has 0 aliphatic heterocycles. The largest absolute Gasteiger partial charge is 0.479 e. The molecule has 0 amide bonds. The fourth-order valence-electron chi connectivity index (χ4n) is 1.94. The van der Waals surface area contributed by atoms with E-state index in [1.807, 2.05) is 30.3 Å². The lowest BCUT2D eigenvalue weighted by atomic mass is 10.1. The quantitative estimate of drug-likeness (QED) is 0.795. The Labute approximate surface area is 124 Å². The highest BCUT2D eigenvalue weighted by Gasteiger charge is 1.97. The van der Waals surface area contributed by atoms with Crippen molar-refractivity contribution in [3.05, 3.63) is 65.5 Å². The molecule has 2 rings (SSSR count). The van der Waals surface area contributed by atoms with Crippen LogP contribution in [0.5, 0.6) is 5.75 Å². The lowest BCUT2D eigenvalue weighted by Crippen LogP contribution is -2.16. The zero-order valence-electron chi connectivity index (χ0n) is 11.7. The van der Waals surface area contributed by atoms with E-state index < -0.39 is 0 Å². The Kier molecular flexibility index (Phi) is 5.74. The summed E-state index contributed by atoms with van der Waals surface area (Å²) in [4.78, 5) is 0. The van der Waals surface area contributed by atoms with Gasteiger partial charge in [0.25, 0.3) is 0 Å². The number of nitrogens with one attached hydrogen (secondary N) is 1. The van der Waals surface area contributed by atoms with E-state index in [2.05, 4.69) is 5.32 Å². The van der Waals surface area contributed by atoms with Crippen LogP contribution in [-0.2, 0) is 13.0 Å². The second kappa shape index (κ2) is 8.03. The molecule has 0 aliphatic rings. The maximum Gasteiger partial charge on any atom is 0.174 e. The van der Waals surface area contributed by atoms with Crippen LogP contribution < -0.4 is 10.1 Å². The van der Waals surface area contributed by atoms with Crippen LogP contribution in [0.25, 0.3) is 0 Å². The Balaban J connectivity index is 1.71. The average molecular weight is 284 g/mol. The van der Waals surface area contributed by atoms with Crippen molar-refractivity contribution in [1.29, 1.82) is 5.26 Å². The Morgan fingerprint density at radius 1 is 1.00 bits per heavy atom. The van der Waals surface area contributed by atoms with E-state index in [1.165, 1.54) is 12.1 Å². The minimum Gasteiger partial charge on any atom is -0.479 e. The molecule has 0 aliphatic carbocycles. The predicted molar refractivity (Wildman–Crippen MR) is 79.4 cm³/mol. The Hall–Kier alpha value is -2.38. The zero-order valence-corrected chi connectivity index (χ0v) is 11.7. The van der Waals surface area contributed by atoms with E-state index in [-0.39, 0.29) is 12.4 Å². The Morgan fingerprint density at radius 3 is 2.33 bits per heavy atom. The number of benzene rings is 2. The van der Waals surface area contributed by atoms with Gasteiger partial charge in [-0.15, -0.1) is 0 Å². The molecule has 0 radical (unpaired) electrons. The van der Waals surface area contributed by atoms with Gasteiger partial charge in [0.15, 0.2) is 6.61 Å². The Morgan fingerprint density at radius 2 is 1.67 bits per heavy atom. The molecular formula is C17H17FN2O. The topological polar surface area (TPSA) is 45.0 Å². The van der Waals surface area contributed by atoms with Crippen LogP contribution in [0.4, 0.5) is 4.39 Å². The van der Waals surface area contributed by atoms with Crippen molar-refractivity contribution < 1.29 is 9.13 Å². The van der Waals surface area contributed by atoms with Crippen molar-refractivity contribution in [2.75, 3.05) is 13.2 Å². The summed E-state index contributed by atoms with van der Waals surface area (Å²) in [5.41, 5.74) is 2.27. The number of nitriles is 1. The van der Waals surface area contributed by atoms with Gasteiger partial charge < -0.3 is 10.1 Å². The molecule has 3 nitrogen and oxygen atoms in total. The summed E-state index contributed by atoms with van der Waals surface area (Å²) in [6.07, 6.45) is 0.865. The molecule has 2 aromatic rings. The van der Waals surface area contributed by atoms with Crippen LogP contribution in [0, 0.1) is 17.1 Å². The molecular weight excluding hydrogens is 267 g/mol. The molecule has 0 saturated carbocycles. The van der Waals surface area contributed by atoms with Crippen molar-refractivity contribution in [3.63, 3.8) is 0 Å². The van der Waals surface area contributed by atoms with Crippen LogP contribution in [0.2, 0.25) is 0 Å². The molecule has 0 saturated heterocycles. The average Bonchev–Trinajstić information content (AvgIpc) is 2.52. The fraction of sp³-hybridized carbons (Fsp3) is 0.235. The van der Waals surface area contributed by atoms with Crippen molar-refractivity contribution in [2.45, 2.75) is 13.0 Å². The first-order valence-corrected chi connectivity index (χ1v) is 6.82. The second-order valence-electron chi connectivity index (χ2n) is 4.64. The molecule has 4 heteroatoms. The lowest BCUT2D eigenvalue weighted by Gasteiger charge is -2.06. The van der Waals surface area contributed by atoms with Crippen LogP contribution in [0.15, 0.2) is 48.5 Å². The van der Waals surface area contributed by atoms with E-state index in [0.717, 1.165) is 30.6 Å². The third-order valence-corrected chi connectivity index (χ3v) is 3.06. The van der Waals surface area contributed by atoms with Crippen LogP contribution in [0.1, 0.15) is 11.1 Å². The lowest BCUT2D eigenvalue weighted by molar-refractivity contribution is 0.368. The summed E-state index contributed by atoms with van der Waals surface area (Å²) < 4.78 is 18.0.